The zero-order valence-corrected chi connectivity index (χ0v) is 7.22. The summed E-state index contributed by atoms with van der Waals surface area (Å²) in [5, 5.41) is 17.7. The molecule has 14 heavy (non-hydrogen) atoms. The minimum atomic E-state index is -0.886. The van der Waals surface area contributed by atoms with E-state index in [1.807, 2.05) is 6.07 Å². The third-order valence-corrected chi connectivity index (χ3v) is 2.52. The molecule has 2 nitrogen and oxygen atoms in total. The van der Waals surface area contributed by atoms with Crippen LogP contribution >= 0.6 is 0 Å². The van der Waals surface area contributed by atoms with E-state index in [2.05, 4.69) is 0 Å². The molecule has 0 saturated heterocycles. The molecule has 4 heteroatoms. The quantitative estimate of drug-likeness (QED) is 0.746. The van der Waals surface area contributed by atoms with Gasteiger partial charge in [0.05, 0.1) is 11.5 Å². The van der Waals surface area contributed by atoms with Crippen molar-refractivity contribution in [3.63, 3.8) is 0 Å². The Morgan fingerprint density at radius 2 is 1.93 bits per heavy atom. The van der Waals surface area contributed by atoms with Crippen molar-refractivity contribution in [2.45, 2.75) is 18.3 Å². The van der Waals surface area contributed by atoms with E-state index in [1.54, 1.807) is 0 Å². The summed E-state index contributed by atoms with van der Waals surface area (Å²) in [6.45, 7) is 0. The summed E-state index contributed by atoms with van der Waals surface area (Å²) in [7, 11) is 0. The highest BCUT2D eigenvalue weighted by Gasteiger charge is 2.47. The third-order valence-electron chi connectivity index (χ3n) is 2.52. The van der Waals surface area contributed by atoms with Gasteiger partial charge in [0.15, 0.2) is 11.6 Å². The molecule has 0 bridgehead atoms. The van der Waals surface area contributed by atoms with Crippen LogP contribution in [0.4, 0.5) is 8.78 Å². The molecule has 1 aliphatic carbocycles. The first-order valence-corrected chi connectivity index (χ1v) is 4.19. The van der Waals surface area contributed by atoms with Crippen LogP contribution in [0.1, 0.15) is 18.4 Å². The lowest BCUT2D eigenvalue weighted by Gasteiger charge is -2.08. The summed E-state index contributed by atoms with van der Waals surface area (Å²) in [5.74, 6) is -2.33. The second-order valence-electron chi connectivity index (χ2n) is 3.48. The molecule has 1 N–H and O–H groups in total. The number of phenols is 1. The Kier molecular flexibility index (Phi) is 1.71. The molecule has 0 heterocycles. The number of aromatic hydroxyl groups is 1. The summed E-state index contributed by atoms with van der Waals surface area (Å²) in [6.07, 6.45) is 1.09. The Labute approximate surface area is 79.4 Å². The molecule has 1 aromatic rings. The second-order valence-corrected chi connectivity index (χ2v) is 3.48. The van der Waals surface area contributed by atoms with E-state index < -0.39 is 22.8 Å². The van der Waals surface area contributed by atoms with Crippen LogP contribution < -0.4 is 0 Å². The SMILES string of the molecule is N#CC1(c2cc(F)c(O)cc2F)CC1. The van der Waals surface area contributed by atoms with Gasteiger partial charge in [0.25, 0.3) is 0 Å². The van der Waals surface area contributed by atoms with Gasteiger partial charge < -0.3 is 5.11 Å². The molecule has 72 valence electrons. The number of benzene rings is 1. The van der Waals surface area contributed by atoms with Crippen molar-refractivity contribution in [2.75, 3.05) is 0 Å². The van der Waals surface area contributed by atoms with Crippen molar-refractivity contribution in [3.05, 3.63) is 29.3 Å². The predicted octanol–water partition coefficient (Wildman–Crippen LogP) is 2.23. The van der Waals surface area contributed by atoms with E-state index in [1.165, 1.54) is 0 Å². The number of halogens is 2. The molecule has 0 radical (unpaired) electrons. The molecule has 0 aliphatic heterocycles. The van der Waals surface area contributed by atoms with Gasteiger partial charge in [0, 0.05) is 11.6 Å². The smallest absolute Gasteiger partial charge is 0.165 e. The van der Waals surface area contributed by atoms with Gasteiger partial charge in [0.1, 0.15) is 5.82 Å². The summed E-state index contributed by atoms with van der Waals surface area (Å²) in [6, 6.07) is 3.58. The zero-order chi connectivity index (χ0) is 10.3. The lowest BCUT2D eigenvalue weighted by Crippen LogP contribution is -2.06. The molecule has 0 amide bonds. The molecule has 1 aromatic carbocycles. The average molecular weight is 195 g/mol. The second kappa shape index (κ2) is 2.68. The topological polar surface area (TPSA) is 44.0 Å². The number of hydrogen-bond donors (Lipinski definition) is 1. The van der Waals surface area contributed by atoms with Gasteiger partial charge >= 0.3 is 0 Å². The van der Waals surface area contributed by atoms with E-state index in [0.29, 0.717) is 18.9 Å². The van der Waals surface area contributed by atoms with Crippen molar-refractivity contribution in [2.24, 2.45) is 0 Å². The molecule has 0 aromatic heterocycles. The average Bonchev–Trinajstić information content (AvgIpc) is 2.92. The van der Waals surface area contributed by atoms with Gasteiger partial charge in [0.2, 0.25) is 0 Å². The highest BCUT2D eigenvalue weighted by atomic mass is 19.1. The van der Waals surface area contributed by atoms with Gasteiger partial charge in [-0.15, -0.1) is 0 Å². The first-order chi connectivity index (χ1) is 6.59. The number of nitriles is 1. The minimum Gasteiger partial charge on any atom is -0.505 e. The third kappa shape index (κ3) is 1.13. The van der Waals surface area contributed by atoms with Crippen molar-refractivity contribution in [1.82, 2.24) is 0 Å². The molecular formula is C10H7F2NO. The summed E-state index contributed by atoms with van der Waals surface area (Å²) < 4.78 is 26.2. The Hall–Kier alpha value is -1.63. The predicted molar refractivity (Wildman–Crippen MR) is 44.5 cm³/mol. The molecule has 0 unspecified atom stereocenters. The molecule has 0 spiro atoms. The standard InChI is InChI=1S/C10H7F2NO/c11-7-4-9(14)8(12)3-6(7)10(5-13)1-2-10/h3-4,14H,1-2H2. The molecule has 1 fully saturated rings. The summed E-state index contributed by atoms with van der Waals surface area (Å²) in [4.78, 5) is 0. The van der Waals surface area contributed by atoms with Gasteiger partial charge in [-0.3, -0.25) is 0 Å². The fourth-order valence-corrected chi connectivity index (χ4v) is 1.47. The normalized spacial score (nSPS) is 17.5. The lowest BCUT2D eigenvalue weighted by molar-refractivity contribution is 0.424. The van der Waals surface area contributed by atoms with Crippen LogP contribution in [0.5, 0.6) is 5.75 Å². The van der Waals surface area contributed by atoms with Crippen LogP contribution in [0.15, 0.2) is 12.1 Å². The van der Waals surface area contributed by atoms with Gasteiger partial charge in [-0.25, -0.2) is 8.78 Å². The van der Waals surface area contributed by atoms with Gasteiger partial charge in [-0.05, 0) is 18.9 Å². The monoisotopic (exact) mass is 195 g/mol. The number of nitrogens with zero attached hydrogens (tertiary/aromatic N) is 1. The van der Waals surface area contributed by atoms with Crippen molar-refractivity contribution >= 4 is 0 Å². The van der Waals surface area contributed by atoms with E-state index in [-0.39, 0.29) is 5.56 Å². The van der Waals surface area contributed by atoms with Crippen molar-refractivity contribution < 1.29 is 13.9 Å². The van der Waals surface area contributed by atoms with Gasteiger partial charge in [-0.1, -0.05) is 0 Å². The molecule has 1 saturated carbocycles. The highest BCUT2D eigenvalue weighted by molar-refractivity contribution is 5.42. The highest BCUT2D eigenvalue weighted by Crippen LogP contribution is 2.49. The fourth-order valence-electron chi connectivity index (χ4n) is 1.47. The van der Waals surface area contributed by atoms with E-state index in [9.17, 15) is 8.78 Å². The minimum absolute atomic E-state index is 0.0512. The van der Waals surface area contributed by atoms with Crippen LogP contribution in [0.25, 0.3) is 0 Å². The summed E-state index contributed by atoms with van der Waals surface area (Å²) in [5.41, 5.74) is -0.811. The van der Waals surface area contributed by atoms with Crippen LogP contribution in [0.2, 0.25) is 0 Å². The Bertz CT molecular complexity index is 432. The first kappa shape index (κ1) is 8.95. The largest absolute Gasteiger partial charge is 0.505 e. The van der Waals surface area contributed by atoms with Gasteiger partial charge in [-0.2, -0.15) is 5.26 Å². The lowest BCUT2D eigenvalue weighted by atomic mass is 9.97. The van der Waals surface area contributed by atoms with Crippen LogP contribution in [0, 0.1) is 23.0 Å². The molecule has 0 atom stereocenters. The first-order valence-electron chi connectivity index (χ1n) is 4.19. The molecular weight excluding hydrogens is 188 g/mol. The van der Waals surface area contributed by atoms with Crippen molar-refractivity contribution in [1.29, 1.82) is 5.26 Å². The zero-order valence-electron chi connectivity index (χ0n) is 7.22. The molecule has 2 rings (SSSR count). The summed E-state index contributed by atoms with van der Waals surface area (Å²) >= 11 is 0. The fraction of sp³-hybridized carbons (Fsp3) is 0.300. The number of phenolic OH excluding ortho intramolecular Hbond substituents is 1. The maximum atomic E-state index is 13.3. The van der Waals surface area contributed by atoms with E-state index in [0.717, 1.165) is 6.07 Å². The maximum absolute atomic E-state index is 13.3. The Balaban J connectivity index is 2.55. The molecule has 1 aliphatic rings. The number of hydrogen-bond acceptors (Lipinski definition) is 2. The van der Waals surface area contributed by atoms with Crippen LogP contribution in [-0.2, 0) is 5.41 Å². The maximum Gasteiger partial charge on any atom is 0.165 e. The van der Waals surface area contributed by atoms with Crippen LogP contribution in [-0.4, -0.2) is 5.11 Å². The van der Waals surface area contributed by atoms with E-state index >= 15 is 0 Å². The Morgan fingerprint density at radius 1 is 1.29 bits per heavy atom. The Morgan fingerprint density at radius 3 is 2.43 bits per heavy atom. The van der Waals surface area contributed by atoms with Crippen molar-refractivity contribution in [3.8, 4) is 11.8 Å². The number of rotatable bonds is 1. The van der Waals surface area contributed by atoms with E-state index in [4.69, 9.17) is 10.4 Å². The van der Waals surface area contributed by atoms with Crippen LogP contribution in [0.3, 0.4) is 0 Å².